The number of hydrogen-bond acceptors (Lipinski definition) is 2. The molecule has 0 aliphatic heterocycles. The van der Waals surface area contributed by atoms with Crippen molar-refractivity contribution in [2.24, 2.45) is 5.92 Å². The first-order chi connectivity index (χ1) is 6.59. The highest BCUT2D eigenvalue weighted by Gasteiger charge is 2.05. The number of hydrogen-bond donors (Lipinski definition) is 1. The van der Waals surface area contributed by atoms with Crippen LogP contribution in [-0.2, 0) is 17.8 Å². The summed E-state index contributed by atoms with van der Waals surface area (Å²) in [6, 6.07) is 0. The van der Waals surface area contributed by atoms with Crippen LogP contribution in [0.5, 0.6) is 0 Å². The van der Waals surface area contributed by atoms with E-state index in [4.69, 9.17) is 5.11 Å². The van der Waals surface area contributed by atoms with E-state index in [-0.39, 0.29) is 6.42 Å². The van der Waals surface area contributed by atoms with Crippen molar-refractivity contribution >= 4 is 5.97 Å². The first-order valence-corrected chi connectivity index (χ1v) is 4.80. The maximum absolute atomic E-state index is 10.4. The van der Waals surface area contributed by atoms with E-state index in [1.54, 1.807) is 6.33 Å². The summed E-state index contributed by atoms with van der Waals surface area (Å²) in [5.41, 5.74) is 1.11. The quantitative estimate of drug-likeness (QED) is 0.777. The van der Waals surface area contributed by atoms with Crippen molar-refractivity contribution in [3.63, 3.8) is 0 Å². The second kappa shape index (κ2) is 4.79. The van der Waals surface area contributed by atoms with E-state index in [0.717, 1.165) is 12.1 Å². The molecule has 0 atom stereocenters. The zero-order valence-electron chi connectivity index (χ0n) is 8.60. The Morgan fingerprint density at radius 3 is 2.93 bits per heavy atom. The van der Waals surface area contributed by atoms with E-state index in [2.05, 4.69) is 18.8 Å². The molecule has 0 spiro atoms. The second-order valence-corrected chi connectivity index (χ2v) is 3.82. The predicted molar refractivity (Wildman–Crippen MR) is 53.0 cm³/mol. The lowest BCUT2D eigenvalue weighted by atomic mass is 10.1. The van der Waals surface area contributed by atoms with Crippen molar-refractivity contribution in [1.82, 2.24) is 9.55 Å². The van der Waals surface area contributed by atoms with Crippen LogP contribution in [0.1, 0.15) is 26.0 Å². The average molecular weight is 196 g/mol. The van der Waals surface area contributed by atoms with Crippen LogP contribution in [0.25, 0.3) is 0 Å². The summed E-state index contributed by atoms with van der Waals surface area (Å²) in [7, 11) is 0. The zero-order chi connectivity index (χ0) is 10.6. The third-order valence-corrected chi connectivity index (χ3v) is 1.98. The van der Waals surface area contributed by atoms with Gasteiger partial charge in [0, 0.05) is 18.4 Å². The molecule has 0 aliphatic carbocycles. The van der Waals surface area contributed by atoms with Crippen molar-refractivity contribution in [3.8, 4) is 0 Å². The highest BCUT2D eigenvalue weighted by atomic mass is 16.4. The fourth-order valence-electron chi connectivity index (χ4n) is 1.35. The number of carboxylic acid groups (broad SMARTS) is 1. The van der Waals surface area contributed by atoms with E-state index in [1.165, 1.54) is 0 Å². The summed E-state index contributed by atoms with van der Waals surface area (Å²) in [5.74, 6) is -0.204. The number of aryl methyl sites for hydroxylation is 1. The molecule has 1 heterocycles. The molecule has 1 rings (SSSR count). The molecule has 0 saturated heterocycles. The minimum atomic E-state index is -0.769. The topological polar surface area (TPSA) is 55.1 Å². The first kappa shape index (κ1) is 10.8. The van der Waals surface area contributed by atoms with Crippen molar-refractivity contribution in [3.05, 3.63) is 18.2 Å². The average Bonchev–Trinajstić information content (AvgIpc) is 2.47. The van der Waals surface area contributed by atoms with E-state index in [0.29, 0.717) is 12.5 Å². The van der Waals surface area contributed by atoms with Crippen molar-refractivity contribution in [2.45, 2.75) is 33.2 Å². The third-order valence-electron chi connectivity index (χ3n) is 1.98. The van der Waals surface area contributed by atoms with Crippen LogP contribution in [0.3, 0.4) is 0 Å². The Kier molecular flexibility index (Phi) is 3.68. The SMILES string of the molecule is CC(C)Cc1cncn1CCC(=O)O. The summed E-state index contributed by atoms with van der Waals surface area (Å²) >= 11 is 0. The largest absolute Gasteiger partial charge is 0.481 e. The monoisotopic (exact) mass is 196 g/mol. The highest BCUT2D eigenvalue weighted by molar-refractivity contribution is 5.66. The molecule has 1 aromatic heterocycles. The summed E-state index contributed by atoms with van der Waals surface area (Å²) in [6.07, 6.45) is 4.60. The molecule has 0 aliphatic rings. The van der Waals surface area contributed by atoms with E-state index in [1.807, 2.05) is 10.8 Å². The summed E-state index contributed by atoms with van der Waals surface area (Å²) in [5, 5.41) is 8.55. The maximum Gasteiger partial charge on any atom is 0.305 e. The van der Waals surface area contributed by atoms with Crippen LogP contribution in [0.15, 0.2) is 12.5 Å². The highest BCUT2D eigenvalue weighted by Crippen LogP contribution is 2.07. The maximum atomic E-state index is 10.4. The van der Waals surface area contributed by atoms with Crippen molar-refractivity contribution < 1.29 is 9.90 Å². The van der Waals surface area contributed by atoms with E-state index >= 15 is 0 Å². The van der Waals surface area contributed by atoms with E-state index in [9.17, 15) is 4.79 Å². The summed E-state index contributed by atoms with van der Waals surface area (Å²) in [4.78, 5) is 14.4. The Morgan fingerprint density at radius 2 is 2.36 bits per heavy atom. The van der Waals surface area contributed by atoms with Crippen LogP contribution >= 0.6 is 0 Å². The molecular formula is C10H16N2O2. The van der Waals surface area contributed by atoms with Gasteiger partial charge in [0.1, 0.15) is 0 Å². The van der Waals surface area contributed by atoms with Gasteiger partial charge >= 0.3 is 5.97 Å². The van der Waals surface area contributed by atoms with Gasteiger partial charge < -0.3 is 9.67 Å². The fraction of sp³-hybridized carbons (Fsp3) is 0.600. The Morgan fingerprint density at radius 1 is 1.64 bits per heavy atom. The Balaban J connectivity index is 2.58. The molecule has 1 N–H and O–H groups in total. The van der Waals surface area contributed by atoms with Gasteiger partial charge in [-0.3, -0.25) is 4.79 Å². The van der Waals surface area contributed by atoms with Crippen LogP contribution in [-0.4, -0.2) is 20.6 Å². The summed E-state index contributed by atoms with van der Waals surface area (Å²) in [6.45, 7) is 4.78. The van der Waals surface area contributed by atoms with Crippen molar-refractivity contribution in [1.29, 1.82) is 0 Å². The van der Waals surface area contributed by atoms with Crippen LogP contribution < -0.4 is 0 Å². The Hall–Kier alpha value is -1.32. The van der Waals surface area contributed by atoms with Gasteiger partial charge in [-0.1, -0.05) is 13.8 Å². The molecule has 0 unspecified atom stereocenters. The summed E-state index contributed by atoms with van der Waals surface area (Å²) < 4.78 is 1.91. The predicted octanol–water partition coefficient (Wildman–Crippen LogP) is 1.56. The lowest BCUT2D eigenvalue weighted by Crippen LogP contribution is -2.08. The van der Waals surface area contributed by atoms with Gasteiger partial charge in [-0.05, 0) is 12.3 Å². The molecule has 4 nitrogen and oxygen atoms in total. The second-order valence-electron chi connectivity index (χ2n) is 3.82. The molecular weight excluding hydrogens is 180 g/mol. The molecule has 0 fully saturated rings. The van der Waals surface area contributed by atoms with Crippen LogP contribution in [0, 0.1) is 5.92 Å². The fourth-order valence-corrected chi connectivity index (χ4v) is 1.35. The standard InChI is InChI=1S/C10H16N2O2/c1-8(2)5-9-6-11-7-12(9)4-3-10(13)14/h6-8H,3-5H2,1-2H3,(H,13,14). The van der Waals surface area contributed by atoms with Crippen LogP contribution in [0.4, 0.5) is 0 Å². The van der Waals surface area contributed by atoms with Gasteiger partial charge in [-0.25, -0.2) is 4.98 Å². The van der Waals surface area contributed by atoms with Gasteiger partial charge in [0.2, 0.25) is 0 Å². The molecule has 78 valence electrons. The van der Waals surface area contributed by atoms with Gasteiger partial charge in [-0.2, -0.15) is 0 Å². The minimum Gasteiger partial charge on any atom is -0.481 e. The Labute approximate surface area is 83.6 Å². The molecule has 0 bridgehead atoms. The van der Waals surface area contributed by atoms with Gasteiger partial charge in [-0.15, -0.1) is 0 Å². The number of carboxylic acids is 1. The molecule has 4 heteroatoms. The normalized spacial score (nSPS) is 10.8. The van der Waals surface area contributed by atoms with Gasteiger partial charge in [0.25, 0.3) is 0 Å². The number of nitrogens with zero attached hydrogens (tertiary/aromatic N) is 2. The lowest BCUT2D eigenvalue weighted by molar-refractivity contribution is -0.137. The molecule has 0 amide bonds. The van der Waals surface area contributed by atoms with E-state index < -0.39 is 5.97 Å². The first-order valence-electron chi connectivity index (χ1n) is 4.80. The van der Waals surface area contributed by atoms with Crippen molar-refractivity contribution in [2.75, 3.05) is 0 Å². The van der Waals surface area contributed by atoms with Crippen LogP contribution in [0.2, 0.25) is 0 Å². The van der Waals surface area contributed by atoms with Gasteiger partial charge in [0.05, 0.1) is 12.7 Å². The smallest absolute Gasteiger partial charge is 0.305 e. The number of rotatable bonds is 5. The minimum absolute atomic E-state index is 0.154. The molecule has 0 saturated carbocycles. The Bertz CT molecular complexity index is 305. The molecule has 0 aromatic carbocycles. The van der Waals surface area contributed by atoms with Gasteiger partial charge in [0.15, 0.2) is 0 Å². The molecule has 0 radical (unpaired) electrons. The molecule has 14 heavy (non-hydrogen) atoms. The molecule has 1 aromatic rings. The number of carbonyl (C=O) groups is 1. The lowest BCUT2D eigenvalue weighted by Gasteiger charge is -2.08. The number of aromatic nitrogens is 2. The zero-order valence-corrected chi connectivity index (χ0v) is 8.60. The number of aliphatic carboxylic acids is 1. The third kappa shape index (κ3) is 3.20. The number of imidazole rings is 1.